The summed E-state index contributed by atoms with van der Waals surface area (Å²) >= 11 is 6.02. The summed E-state index contributed by atoms with van der Waals surface area (Å²) in [6, 6.07) is 5.00. The molecule has 1 aliphatic rings. The number of nitrogens with two attached hydrogens (primary N) is 1. The van der Waals surface area contributed by atoms with Crippen LogP contribution in [0.15, 0.2) is 18.2 Å². The summed E-state index contributed by atoms with van der Waals surface area (Å²) in [6.45, 7) is 2.38. The van der Waals surface area contributed by atoms with Crippen LogP contribution in [0.4, 0.5) is 11.4 Å². The lowest BCUT2D eigenvalue weighted by Crippen LogP contribution is -2.29. The van der Waals surface area contributed by atoms with Crippen molar-refractivity contribution >= 4 is 28.9 Å². The molecule has 1 aliphatic carbocycles. The third-order valence-electron chi connectivity index (χ3n) is 3.74. The molecule has 110 valence electrons. The molecule has 0 heterocycles. The number of nitrogens with one attached hydrogen (secondary N) is 1. The zero-order valence-electron chi connectivity index (χ0n) is 11.7. The van der Waals surface area contributed by atoms with Crippen LogP contribution in [0.1, 0.15) is 32.6 Å². The molecule has 1 aromatic carbocycles. The Bertz CT molecular complexity index is 475. The van der Waals surface area contributed by atoms with E-state index < -0.39 is 6.10 Å². The Hall–Kier alpha value is -1.26. The lowest BCUT2D eigenvalue weighted by atomic mass is 9.83. The first kappa shape index (κ1) is 15.1. The number of amides is 1. The highest BCUT2D eigenvalue weighted by Gasteiger charge is 2.19. The fourth-order valence-electron chi connectivity index (χ4n) is 2.14. The monoisotopic (exact) mass is 296 g/mol. The third kappa shape index (κ3) is 4.12. The molecule has 0 saturated heterocycles. The number of ether oxygens (including phenoxy) is 1. The number of carbonyl (C=O) groups excluding carboxylic acids is 1. The van der Waals surface area contributed by atoms with Crippen molar-refractivity contribution in [1.29, 1.82) is 0 Å². The third-order valence-corrected chi connectivity index (χ3v) is 4.05. The van der Waals surface area contributed by atoms with Crippen LogP contribution in [0.2, 0.25) is 5.02 Å². The smallest absolute Gasteiger partial charge is 0.253 e. The fraction of sp³-hybridized carbons (Fsp3) is 0.533. The Balaban J connectivity index is 1.77. The topological polar surface area (TPSA) is 64.3 Å². The highest BCUT2D eigenvalue weighted by Crippen LogP contribution is 2.29. The van der Waals surface area contributed by atoms with Crippen LogP contribution in [0.25, 0.3) is 0 Å². The average Bonchev–Trinajstić information content (AvgIpc) is 2.35. The molecule has 1 unspecified atom stereocenters. The second kappa shape index (κ2) is 6.95. The average molecular weight is 297 g/mol. The van der Waals surface area contributed by atoms with Gasteiger partial charge in [-0.3, -0.25) is 4.79 Å². The number of hydrogen-bond acceptors (Lipinski definition) is 3. The van der Waals surface area contributed by atoms with Crippen LogP contribution in [0.3, 0.4) is 0 Å². The van der Waals surface area contributed by atoms with Gasteiger partial charge in [0.2, 0.25) is 0 Å². The van der Waals surface area contributed by atoms with E-state index in [0.717, 1.165) is 12.3 Å². The van der Waals surface area contributed by atoms with Crippen molar-refractivity contribution < 1.29 is 9.53 Å². The Kier molecular flexibility index (Phi) is 5.26. The van der Waals surface area contributed by atoms with Gasteiger partial charge in [0.25, 0.3) is 5.91 Å². The van der Waals surface area contributed by atoms with Gasteiger partial charge in [-0.15, -0.1) is 0 Å². The number of benzene rings is 1. The quantitative estimate of drug-likeness (QED) is 0.790. The fourth-order valence-corrected chi connectivity index (χ4v) is 2.37. The van der Waals surface area contributed by atoms with Gasteiger partial charge in [0.1, 0.15) is 6.10 Å². The summed E-state index contributed by atoms with van der Waals surface area (Å²) in [5.41, 5.74) is 6.73. The number of halogens is 1. The first-order valence-corrected chi connectivity index (χ1v) is 7.41. The summed E-state index contributed by atoms with van der Waals surface area (Å²) in [5.74, 6) is 0.599. The Morgan fingerprint density at radius 1 is 1.55 bits per heavy atom. The van der Waals surface area contributed by atoms with Crippen molar-refractivity contribution in [2.75, 3.05) is 17.7 Å². The van der Waals surface area contributed by atoms with Gasteiger partial charge in [-0.2, -0.15) is 0 Å². The van der Waals surface area contributed by atoms with Crippen molar-refractivity contribution in [2.24, 2.45) is 5.92 Å². The minimum absolute atomic E-state index is 0.190. The van der Waals surface area contributed by atoms with Gasteiger partial charge in [0, 0.05) is 12.3 Å². The summed E-state index contributed by atoms with van der Waals surface area (Å²) in [4.78, 5) is 12.0. The standard InChI is InChI=1S/C15H21ClN2O2/c1-10(20-8-7-11-3-2-4-11)15(19)18-14-6-5-12(17)9-13(14)16/h5-6,9-11H,2-4,7-8,17H2,1H3,(H,18,19). The molecule has 2 rings (SSSR count). The first-order valence-electron chi connectivity index (χ1n) is 7.03. The van der Waals surface area contributed by atoms with Crippen LogP contribution in [0, 0.1) is 5.92 Å². The lowest BCUT2D eigenvalue weighted by Gasteiger charge is -2.25. The number of rotatable bonds is 6. The van der Waals surface area contributed by atoms with Crippen molar-refractivity contribution in [3.8, 4) is 0 Å². The van der Waals surface area contributed by atoms with E-state index in [9.17, 15) is 4.79 Å². The molecular weight excluding hydrogens is 276 g/mol. The van der Waals surface area contributed by atoms with E-state index in [1.165, 1.54) is 19.3 Å². The van der Waals surface area contributed by atoms with E-state index in [-0.39, 0.29) is 5.91 Å². The van der Waals surface area contributed by atoms with Gasteiger partial charge in [0.15, 0.2) is 0 Å². The molecule has 0 radical (unpaired) electrons. The van der Waals surface area contributed by atoms with E-state index in [1.54, 1.807) is 25.1 Å². The Morgan fingerprint density at radius 2 is 2.30 bits per heavy atom. The molecule has 3 N–H and O–H groups in total. The molecule has 0 aromatic heterocycles. The molecule has 20 heavy (non-hydrogen) atoms. The predicted octanol–water partition coefficient (Wildman–Crippen LogP) is 3.46. The van der Waals surface area contributed by atoms with Crippen molar-refractivity contribution in [1.82, 2.24) is 0 Å². The van der Waals surface area contributed by atoms with Gasteiger partial charge in [-0.05, 0) is 37.5 Å². The molecular formula is C15H21ClN2O2. The summed E-state index contributed by atoms with van der Waals surface area (Å²) in [7, 11) is 0. The van der Waals surface area contributed by atoms with Crippen molar-refractivity contribution in [3.05, 3.63) is 23.2 Å². The summed E-state index contributed by atoms with van der Waals surface area (Å²) in [5, 5.41) is 3.18. The van der Waals surface area contributed by atoms with Crippen LogP contribution in [-0.4, -0.2) is 18.6 Å². The Morgan fingerprint density at radius 3 is 2.90 bits per heavy atom. The maximum absolute atomic E-state index is 12.0. The molecule has 1 saturated carbocycles. The first-order chi connectivity index (χ1) is 9.56. The molecule has 0 spiro atoms. The molecule has 0 bridgehead atoms. The minimum Gasteiger partial charge on any atom is -0.399 e. The lowest BCUT2D eigenvalue weighted by molar-refractivity contribution is -0.126. The van der Waals surface area contributed by atoms with Gasteiger partial charge >= 0.3 is 0 Å². The number of anilines is 2. The maximum atomic E-state index is 12.0. The molecule has 1 amide bonds. The van der Waals surface area contributed by atoms with Crippen molar-refractivity contribution in [2.45, 2.75) is 38.7 Å². The van der Waals surface area contributed by atoms with Crippen LogP contribution in [0.5, 0.6) is 0 Å². The molecule has 1 fully saturated rings. The van der Waals surface area contributed by atoms with Crippen LogP contribution in [-0.2, 0) is 9.53 Å². The second-order valence-corrected chi connectivity index (χ2v) is 5.73. The van der Waals surface area contributed by atoms with Crippen molar-refractivity contribution in [3.63, 3.8) is 0 Å². The number of carbonyl (C=O) groups is 1. The maximum Gasteiger partial charge on any atom is 0.253 e. The van der Waals surface area contributed by atoms with Gasteiger partial charge in [0.05, 0.1) is 10.7 Å². The summed E-state index contributed by atoms with van der Waals surface area (Å²) in [6.07, 6.45) is 4.48. The molecule has 4 nitrogen and oxygen atoms in total. The highest BCUT2D eigenvalue weighted by atomic mass is 35.5. The molecule has 0 aliphatic heterocycles. The van der Waals surface area contributed by atoms with Crippen LogP contribution >= 0.6 is 11.6 Å². The zero-order valence-corrected chi connectivity index (χ0v) is 12.5. The van der Waals surface area contributed by atoms with E-state index >= 15 is 0 Å². The normalized spacial score (nSPS) is 16.5. The number of hydrogen-bond donors (Lipinski definition) is 2. The SMILES string of the molecule is CC(OCCC1CCC1)C(=O)Nc1ccc(N)cc1Cl. The highest BCUT2D eigenvalue weighted by molar-refractivity contribution is 6.34. The number of nitrogen functional groups attached to an aromatic ring is 1. The zero-order chi connectivity index (χ0) is 14.5. The molecule has 1 aromatic rings. The van der Waals surface area contributed by atoms with E-state index in [2.05, 4.69) is 5.32 Å². The Labute approximate surface area is 124 Å². The van der Waals surface area contributed by atoms with E-state index in [4.69, 9.17) is 22.1 Å². The second-order valence-electron chi connectivity index (χ2n) is 5.33. The van der Waals surface area contributed by atoms with Gasteiger partial charge in [-0.1, -0.05) is 30.9 Å². The van der Waals surface area contributed by atoms with E-state index in [0.29, 0.717) is 23.0 Å². The van der Waals surface area contributed by atoms with E-state index in [1.807, 2.05) is 0 Å². The summed E-state index contributed by atoms with van der Waals surface area (Å²) < 4.78 is 5.57. The van der Waals surface area contributed by atoms with Gasteiger partial charge in [-0.25, -0.2) is 0 Å². The predicted molar refractivity (Wildman–Crippen MR) is 81.9 cm³/mol. The molecule has 5 heteroatoms. The minimum atomic E-state index is -0.483. The van der Waals surface area contributed by atoms with Gasteiger partial charge < -0.3 is 15.8 Å². The largest absolute Gasteiger partial charge is 0.399 e. The molecule has 1 atom stereocenters. The van der Waals surface area contributed by atoms with Crippen LogP contribution < -0.4 is 11.1 Å².